The lowest BCUT2D eigenvalue weighted by molar-refractivity contribution is -0.145. The second-order valence-electron chi connectivity index (χ2n) is 6.46. The molecule has 4 heteroatoms. The predicted octanol–water partition coefficient (Wildman–Crippen LogP) is 6.11. The van der Waals surface area contributed by atoms with Crippen LogP contribution in [0.1, 0.15) is 76.8 Å². The van der Waals surface area contributed by atoms with Gasteiger partial charge in [-0.3, -0.25) is 14.8 Å². The van der Waals surface area contributed by atoms with Crippen LogP contribution in [0, 0.1) is 0 Å². The number of hydrogen-bond acceptors (Lipinski definition) is 4. The Balaban J connectivity index is 1.87. The van der Waals surface area contributed by atoms with Gasteiger partial charge in [-0.05, 0) is 38.5 Å². The van der Waals surface area contributed by atoms with Crippen LogP contribution in [-0.2, 0) is 16.1 Å². The van der Waals surface area contributed by atoms with Gasteiger partial charge in [-0.25, -0.2) is 0 Å². The third-order valence-corrected chi connectivity index (χ3v) is 4.03. The molecule has 0 amide bonds. The Labute approximate surface area is 164 Å². The predicted molar refractivity (Wildman–Crippen MR) is 111 cm³/mol. The molecule has 0 saturated carbocycles. The normalized spacial score (nSPS) is 11.7. The zero-order valence-corrected chi connectivity index (χ0v) is 16.7. The van der Waals surface area contributed by atoms with E-state index in [-0.39, 0.29) is 12.6 Å². The summed E-state index contributed by atoms with van der Waals surface area (Å²) in [6.45, 7) is 2.36. The summed E-state index contributed by atoms with van der Waals surface area (Å²) < 4.78 is 5.19. The first-order valence-corrected chi connectivity index (χ1v) is 10.2. The quantitative estimate of drug-likeness (QED) is 0.212. The van der Waals surface area contributed by atoms with E-state index in [1.54, 1.807) is 18.6 Å². The van der Waals surface area contributed by atoms with E-state index in [1.165, 1.54) is 19.3 Å². The molecular weight excluding hydrogens is 336 g/mol. The highest BCUT2D eigenvalue weighted by Gasteiger charge is 2.03. The van der Waals surface area contributed by atoms with Gasteiger partial charge < -0.3 is 4.74 Å². The molecule has 0 atom stereocenters. The Bertz CT molecular complexity index is 565. The van der Waals surface area contributed by atoms with Gasteiger partial charge >= 0.3 is 5.97 Å². The number of unbranched alkanes of at least 4 members (excludes halogenated alkanes) is 5. The van der Waals surface area contributed by atoms with Crippen molar-refractivity contribution in [1.82, 2.24) is 9.97 Å². The summed E-state index contributed by atoms with van der Waals surface area (Å²) in [4.78, 5) is 19.7. The first-order chi connectivity index (χ1) is 13.3. The maximum atomic E-state index is 11.7. The van der Waals surface area contributed by atoms with Crippen molar-refractivity contribution in [3.05, 3.63) is 60.7 Å². The van der Waals surface area contributed by atoms with Gasteiger partial charge in [0.15, 0.2) is 0 Å². The molecule has 4 nitrogen and oxygen atoms in total. The van der Waals surface area contributed by atoms with Crippen LogP contribution >= 0.6 is 0 Å². The molecule has 1 aromatic heterocycles. The Kier molecular flexibility index (Phi) is 14.5. The second kappa shape index (κ2) is 17.2. The summed E-state index contributed by atoms with van der Waals surface area (Å²) in [6, 6.07) is 0. The third-order valence-electron chi connectivity index (χ3n) is 4.03. The first-order valence-electron chi connectivity index (χ1n) is 10.2. The van der Waals surface area contributed by atoms with Gasteiger partial charge in [0.05, 0.1) is 11.9 Å². The lowest BCUT2D eigenvalue weighted by atomic mass is 10.1. The van der Waals surface area contributed by atoms with Gasteiger partial charge in [-0.2, -0.15) is 0 Å². The van der Waals surface area contributed by atoms with Crippen molar-refractivity contribution in [1.29, 1.82) is 0 Å². The molecule has 0 bridgehead atoms. The molecule has 0 aliphatic rings. The Morgan fingerprint density at radius 2 is 1.63 bits per heavy atom. The molecule has 1 rings (SSSR count). The zero-order valence-electron chi connectivity index (χ0n) is 16.7. The number of allylic oxidation sites excluding steroid dienone is 6. The molecule has 0 fully saturated rings. The van der Waals surface area contributed by atoms with Gasteiger partial charge in [-0.1, -0.05) is 62.6 Å². The summed E-state index contributed by atoms with van der Waals surface area (Å²) in [5, 5.41) is 0. The second-order valence-corrected chi connectivity index (χ2v) is 6.46. The molecule has 0 aliphatic heterocycles. The number of esters is 1. The van der Waals surface area contributed by atoms with Crippen LogP contribution in [-0.4, -0.2) is 15.9 Å². The topological polar surface area (TPSA) is 52.1 Å². The van der Waals surface area contributed by atoms with Crippen molar-refractivity contribution in [2.75, 3.05) is 0 Å². The fourth-order valence-electron chi connectivity index (χ4n) is 2.52. The molecule has 0 aromatic carbocycles. The number of carbonyl (C=O) groups is 1. The maximum Gasteiger partial charge on any atom is 0.306 e. The van der Waals surface area contributed by atoms with Crippen molar-refractivity contribution in [2.45, 2.75) is 77.7 Å². The summed E-state index contributed by atoms with van der Waals surface area (Å²) in [5.74, 6) is -0.151. The largest absolute Gasteiger partial charge is 0.459 e. The first kappa shape index (κ1) is 22.8. The minimum Gasteiger partial charge on any atom is -0.459 e. The summed E-state index contributed by atoms with van der Waals surface area (Å²) in [7, 11) is 0. The number of ether oxygens (including phenoxy) is 1. The Hall–Kier alpha value is -2.23. The lowest BCUT2D eigenvalue weighted by Crippen LogP contribution is -2.05. The van der Waals surface area contributed by atoms with E-state index in [0.717, 1.165) is 38.5 Å². The lowest BCUT2D eigenvalue weighted by Gasteiger charge is -2.04. The molecular formula is C23H34N2O2. The fraction of sp³-hybridized carbons (Fsp3) is 0.522. The van der Waals surface area contributed by atoms with Gasteiger partial charge in [0, 0.05) is 18.8 Å². The molecule has 0 unspecified atom stereocenters. The summed E-state index contributed by atoms with van der Waals surface area (Å²) in [6.07, 6.45) is 28.6. The summed E-state index contributed by atoms with van der Waals surface area (Å²) in [5.41, 5.74) is 0.683. The van der Waals surface area contributed by atoms with Crippen molar-refractivity contribution in [3.8, 4) is 0 Å². The third kappa shape index (κ3) is 14.6. The van der Waals surface area contributed by atoms with Crippen LogP contribution in [0.15, 0.2) is 55.0 Å². The Morgan fingerprint density at radius 3 is 2.37 bits per heavy atom. The molecule has 27 heavy (non-hydrogen) atoms. The fourth-order valence-corrected chi connectivity index (χ4v) is 2.52. The average molecular weight is 371 g/mol. The van der Waals surface area contributed by atoms with Gasteiger partial charge in [0.2, 0.25) is 0 Å². The van der Waals surface area contributed by atoms with Crippen molar-refractivity contribution >= 4 is 5.97 Å². The molecule has 1 heterocycles. The van der Waals surface area contributed by atoms with Crippen molar-refractivity contribution in [2.24, 2.45) is 0 Å². The maximum absolute atomic E-state index is 11.7. The molecule has 0 spiro atoms. The van der Waals surface area contributed by atoms with Crippen LogP contribution in [0.25, 0.3) is 0 Å². The van der Waals surface area contributed by atoms with Crippen LogP contribution in [0.4, 0.5) is 0 Å². The van der Waals surface area contributed by atoms with E-state index in [2.05, 4.69) is 53.3 Å². The molecule has 1 aromatic rings. The van der Waals surface area contributed by atoms with Gasteiger partial charge in [0.1, 0.15) is 6.61 Å². The van der Waals surface area contributed by atoms with Crippen LogP contribution in [0.3, 0.4) is 0 Å². The van der Waals surface area contributed by atoms with E-state index in [1.807, 2.05) is 0 Å². The van der Waals surface area contributed by atoms with Gasteiger partial charge in [0.25, 0.3) is 0 Å². The highest BCUT2D eigenvalue weighted by molar-refractivity contribution is 5.69. The van der Waals surface area contributed by atoms with E-state index >= 15 is 0 Å². The van der Waals surface area contributed by atoms with E-state index in [9.17, 15) is 4.79 Å². The molecule has 148 valence electrons. The summed E-state index contributed by atoms with van der Waals surface area (Å²) >= 11 is 0. The molecule has 0 aliphatic carbocycles. The van der Waals surface area contributed by atoms with E-state index in [0.29, 0.717) is 12.1 Å². The Morgan fingerprint density at radius 1 is 0.926 bits per heavy atom. The molecule has 0 saturated heterocycles. The van der Waals surface area contributed by atoms with Crippen molar-refractivity contribution in [3.63, 3.8) is 0 Å². The van der Waals surface area contributed by atoms with Crippen molar-refractivity contribution < 1.29 is 9.53 Å². The highest BCUT2D eigenvalue weighted by atomic mass is 16.5. The standard InChI is InChI=1S/C23H34N2O2/c1-2-3-4-5-6-7-8-9-10-11-12-13-14-15-16-17-23(26)27-21-22-20-24-18-19-25-22/h3-4,6-7,9-10,18-20H,2,5,8,11-17,21H2,1H3. The van der Waals surface area contributed by atoms with E-state index < -0.39 is 0 Å². The number of nitrogens with zero attached hydrogens (tertiary/aromatic N) is 2. The minimum absolute atomic E-state index is 0.151. The average Bonchev–Trinajstić information content (AvgIpc) is 2.70. The minimum atomic E-state index is -0.151. The number of aromatic nitrogens is 2. The number of carbonyl (C=O) groups excluding carboxylic acids is 1. The van der Waals surface area contributed by atoms with Crippen LogP contribution < -0.4 is 0 Å². The van der Waals surface area contributed by atoms with Crippen LogP contribution in [0.2, 0.25) is 0 Å². The molecule has 0 N–H and O–H groups in total. The van der Waals surface area contributed by atoms with Crippen LogP contribution in [0.5, 0.6) is 0 Å². The zero-order chi connectivity index (χ0) is 19.4. The highest BCUT2D eigenvalue weighted by Crippen LogP contribution is 2.09. The number of hydrogen-bond donors (Lipinski definition) is 0. The van der Waals surface area contributed by atoms with E-state index in [4.69, 9.17) is 4.74 Å². The van der Waals surface area contributed by atoms with Gasteiger partial charge in [-0.15, -0.1) is 0 Å². The molecule has 0 radical (unpaired) electrons. The smallest absolute Gasteiger partial charge is 0.306 e. The monoisotopic (exact) mass is 370 g/mol. The SMILES string of the molecule is CCC=CCC=CCC=CCCCCCCCC(=O)OCc1cnccn1. The number of rotatable bonds is 15.